The number of carbonyl (C=O) groups excluding carboxylic acids is 2. The summed E-state index contributed by atoms with van der Waals surface area (Å²) in [5, 5.41) is 2.79. The number of hydrogen-bond donors (Lipinski definition) is 1. The molecule has 2 aliphatic rings. The molecule has 1 aliphatic carbocycles. The molecule has 0 aromatic heterocycles. The number of piperazine rings is 1. The van der Waals surface area contributed by atoms with Crippen LogP contribution >= 0.6 is 0 Å². The minimum absolute atomic E-state index is 0.0355. The number of hydrogen-bond acceptors (Lipinski definition) is 3. The average Bonchev–Trinajstić information content (AvgIpc) is 2.87. The highest BCUT2D eigenvalue weighted by Crippen LogP contribution is 2.20. The van der Waals surface area contributed by atoms with Gasteiger partial charge in [0, 0.05) is 6.54 Å². The summed E-state index contributed by atoms with van der Waals surface area (Å²) in [4.78, 5) is 25.6. The van der Waals surface area contributed by atoms with Gasteiger partial charge in [-0.1, -0.05) is 26.7 Å². The number of rotatable bonds is 6. The van der Waals surface area contributed by atoms with Gasteiger partial charge in [-0.2, -0.15) is 0 Å². The quantitative estimate of drug-likeness (QED) is 0.799. The molecule has 1 aliphatic heterocycles. The van der Waals surface area contributed by atoms with Crippen LogP contribution < -0.4 is 5.32 Å². The molecule has 0 radical (unpaired) electrons. The SMILES string of the molecule is CC(C)CC1NC(=O)CN(CCOC2CCCC2)C1=O. The van der Waals surface area contributed by atoms with Gasteiger partial charge in [0.25, 0.3) is 0 Å². The third-order valence-corrected chi connectivity index (χ3v) is 4.00. The Bertz CT molecular complexity index is 351. The highest BCUT2D eigenvalue weighted by molar-refractivity contribution is 5.94. The van der Waals surface area contributed by atoms with E-state index in [-0.39, 0.29) is 24.4 Å². The summed E-state index contributed by atoms with van der Waals surface area (Å²) in [7, 11) is 0. The average molecular weight is 282 g/mol. The molecule has 114 valence electrons. The smallest absolute Gasteiger partial charge is 0.245 e. The van der Waals surface area contributed by atoms with Crippen molar-refractivity contribution in [1.82, 2.24) is 10.2 Å². The van der Waals surface area contributed by atoms with Crippen LogP contribution in [-0.4, -0.2) is 48.6 Å². The Balaban J connectivity index is 1.79. The standard InChI is InChI=1S/C15H26N2O3/c1-11(2)9-13-15(19)17(10-14(18)16-13)7-8-20-12-5-3-4-6-12/h11-13H,3-10H2,1-2H3,(H,16,18). The van der Waals surface area contributed by atoms with Gasteiger partial charge in [-0.25, -0.2) is 0 Å². The summed E-state index contributed by atoms with van der Waals surface area (Å²) in [6, 6.07) is -0.359. The van der Waals surface area contributed by atoms with Crippen molar-refractivity contribution in [2.45, 2.75) is 58.1 Å². The summed E-state index contributed by atoms with van der Waals surface area (Å²) in [5.41, 5.74) is 0. The molecule has 20 heavy (non-hydrogen) atoms. The fraction of sp³-hybridized carbons (Fsp3) is 0.867. The largest absolute Gasteiger partial charge is 0.376 e. The number of nitrogens with one attached hydrogen (secondary N) is 1. The van der Waals surface area contributed by atoms with Crippen molar-refractivity contribution in [3.8, 4) is 0 Å². The molecule has 0 bridgehead atoms. The van der Waals surface area contributed by atoms with E-state index >= 15 is 0 Å². The summed E-state index contributed by atoms with van der Waals surface area (Å²) in [6.07, 6.45) is 5.80. The molecule has 0 aromatic carbocycles. The Hall–Kier alpha value is -1.10. The van der Waals surface area contributed by atoms with Crippen LogP contribution in [0.5, 0.6) is 0 Å². The minimum Gasteiger partial charge on any atom is -0.376 e. The Labute approximate surface area is 121 Å². The van der Waals surface area contributed by atoms with Crippen molar-refractivity contribution in [2.75, 3.05) is 19.7 Å². The third-order valence-electron chi connectivity index (χ3n) is 4.00. The molecular formula is C15H26N2O3. The van der Waals surface area contributed by atoms with Gasteiger partial charge in [0.1, 0.15) is 6.04 Å². The lowest BCUT2D eigenvalue weighted by atomic mass is 10.0. The van der Waals surface area contributed by atoms with E-state index < -0.39 is 0 Å². The van der Waals surface area contributed by atoms with Crippen LogP contribution in [0.15, 0.2) is 0 Å². The molecule has 1 unspecified atom stereocenters. The van der Waals surface area contributed by atoms with Crippen LogP contribution in [0.25, 0.3) is 0 Å². The van der Waals surface area contributed by atoms with Crippen LogP contribution in [0.4, 0.5) is 0 Å². The predicted octanol–water partition coefficient (Wildman–Crippen LogP) is 1.32. The van der Waals surface area contributed by atoms with Gasteiger partial charge in [0.05, 0.1) is 19.3 Å². The van der Waals surface area contributed by atoms with Crippen molar-refractivity contribution in [3.63, 3.8) is 0 Å². The van der Waals surface area contributed by atoms with Gasteiger partial charge < -0.3 is 15.0 Å². The van der Waals surface area contributed by atoms with E-state index in [1.807, 2.05) is 0 Å². The summed E-state index contributed by atoms with van der Waals surface area (Å²) in [6.45, 7) is 5.35. The second-order valence-electron chi connectivity index (χ2n) is 6.29. The molecule has 2 rings (SSSR count). The van der Waals surface area contributed by atoms with Crippen molar-refractivity contribution in [3.05, 3.63) is 0 Å². The molecule has 1 N–H and O–H groups in total. The van der Waals surface area contributed by atoms with Gasteiger partial charge in [-0.3, -0.25) is 9.59 Å². The zero-order valence-electron chi connectivity index (χ0n) is 12.6. The van der Waals surface area contributed by atoms with Gasteiger partial charge >= 0.3 is 0 Å². The molecule has 1 heterocycles. The summed E-state index contributed by atoms with van der Waals surface area (Å²) >= 11 is 0. The maximum atomic E-state index is 12.3. The lowest BCUT2D eigenvalue weighted by molar-refractivity contribution is -0.145. The van der Waals surface area contributed by atoms with Gasteiger partial charge in [0.2, 0.25) is 11.8 Å². The first-order chi connectivity index (χ1) is 9.56. The Morgan fingerprint density at radius 3 is 2.65 bits per heavy atom. The number of carbonyl (C=O) groups is 2. The summed E-state index contributed by atoms with van der Waals surface area (Å²) in [5.74, 6) is 0.364. The molecule has 2 amide bonds. The number of ether oxygens (including phenoxy) is 1. The maximum absolute atomic E-state index is 12.3. The zero-order valence-corrected chi connectivity index (χ0v) is 12.6. The molecule has 2 fully saturated rings. The molecule has 1 saturated heterocycles. The normalized spacial score (nSPS) is 24.6. The van der Waals surface area contributed by atoms with Gasteiger partial charge in [-0.05, 0) is 25.2 Å². The molecule has 0 spiro atoms. The fourth-order valence-electron chi connectivity index (χ4n) is 2.98. The van der Waals surface area contributed by atoms with Crippen LogP contribution in [0.2, 0.25) is 0 Å². The maximum Gasteiger partial charge on any atom is 0.245 e. The van der Waals surface area contributed by atoms with E-state index in [2.05, 4.69) is 19.2 Å². The molecular weight excluding hydrogens is 256 g/mol. The van der Waals surface area contributed by atoms with Crippen LogP contribution in [-0.2, 0) is 14.3 Å². The number of nitrogens with zero attached hydrogens (tertiary/aromatic N) is 1. The Morgan fingerprint density at radius 1 is 1.30 bits per heavy atom. The van der Waals surface area contributed by atoms with Crippen molar-refractivity contribution in [2.24, 2.45) is 5.92 Å². The second kappa shape index (κ2) is 7.07. The lowest BCUT2D eigenvalue weighted by Gasteiger charge is -2.33. The van der Waals surface area contributed by atoms with Crippen LogP contribution in [0.3, 0.4) is 0 Å². The highest BCUT2D eigenvalue weighted by atomic mass is 16.5. The van der Waals surface area contributed by atoms with Crippen molar-refractivity contribution >= 4 is 11.8 Å². The van der Waals surface area contributed by atoms with E-state index in [9.17, 15) is 9.59 Å². The Kier molecular flexibility index (Phi) is 5.40. The van der Waals surface area contributed by atoms with E-state index in [1.165, 1.54) is 12.8 Å². The van der Waals surface area contributed by atoms with E-state index in [1.54, 1.807) is 4.90 Å². The first-order valence-electron chi connectivity index (χ1n) is 7.76. The molecule has 1 saturated carbocycles. The molecule has 1 atom stereocenters. The van der Waals surface area contributed by atoms with Crippen LogP contribution in [0, 0.1) is 5.92 Å². The van der Waals surface area contributed by atoms with E-state index in [0.717, 1.165) is 12.8 Å². The topological polar surface area (TPSA) is 58.6 Å². The number of amides is 2. The Morgan fingerprint density at radius 2 is 2.00 bits per heavy atom. The van der Waals surface area contributed by atoms with Gasteiger partial charge in [0.15, 0.2) is 0 Å². The first-order valence-corrected chi connectivity index (χ1v) is 7.76. The third kappa shape index (κ3) is 4.20. The monoisotopic (exact) mass is 282 g/mol. The van der Waals surface area contributed by atoms with Crippen molar-refractivity contribution in [1.29, 1.82) is 0 Å². The second-order valence-corrected chi connectivity index (χ2v) is 6.29. The first kappa shape index (κ1) is 15.3. The highest BCUT2D eigenvalue weighted by Gasteiger charge is 2.32. The van der Waals surface area contributed by atoms with Gasteiger partial charge in [-0.15, -0.1) is 0 Å². The van der Waals surface area contributed by atoms with E-state index in [4.69, 9.17) is 4.74 Å². The predicted molar refractivity (Wildman–Crippen MR) is 76.2 cm³/mol. The fourth-order valence-corrected chi connectivity index (χ4v) is 2.98. The molecule has 5 nitrogen and oxygen atoms in total. The summed E-state index contributed by atoms with van der Waals surface area (Å²) < 4.78 is 5.78. The molecule has 0 aromatic rings. The lowest BCUT2D eigenvalue weighted by Crippen LogP contribution is -2.58. The molecule has 5 heteroatoms. The zero-order chi connectivity index (χ0) is 14.5. The minimum atomic E-state index is -0.359. The van der Waals surface area contributed by atoms with Crippen LogP contribution in [0.1, 0.15) is 46.0 Å². The van der Waals surface area contributed by atoms with E-state index in [0.29, 0.717) is 31.6 Å². The van der Waals surface area contributed by atoms with Crippen molar-refractivity contribution < 1.29 is 14.3 Å².